The van der Waals surface area contributed by atoms with E-state index in [4.69, 9.17) is 5.73 Å². The summed E-state index contributed by atoms with van der Waals surface area (Å²) in [5.74, 6) is -11.9. The van der Waals surface area contributed by atoms with Crippen LogP contribution in [0.1, 0.15) is 41.3 Å². The SMILES string of the molecule is CCC(NCc1cc(N(C)C)c2c(c1O)C(=O)C1C(=O)[C@@]3(O)C(=O)C(C(N)=O)C(=O)C(N(C)C)[C@H]3C[C@H]1C2)C(F)(F)F. The topological polar surface area (TPSA) is 170 Å². The first-order valence-corrected chi connectivity index (χ1v) is 13.6. The first kappa shape index (κ1) is 31.6. The van der Waals surface area contributed by atoms with E-state index >= 15 is 0 Å². The van der Waals surface area contributed by atoms with E-state index in [2.05, 4.69) is 5.32 Å². The molecule has 5 N–H and O–H groups in total. The zero-order valence-corrected chi connectivity index (χ0v) is 23.9. The molecule has 2 fully saturated rings. The predicted molar refractivity (Wildman–Crippen MR) is 143 cm³/mol. The highest BCUT2D eigenvalue weighted by atomic mass is 19.4. The Balaban J connectivity index is 1.83. The number of carbonyl (C=O) groups is 5. The molecule has 42 heavy (non-hydrogen) atoms. The number of aliphatic hydroxyl groups is 1. The maximum Gasteiger partial charge on any atom is 0.403 e. The molecular weight excluding hydrogens is 561 g/mol. The van der Waals surface area contributed by atoms with E-state index in [9.17, 15) is 47.4 Å². The van der Waals surface area contributed by atoms with Crippen LogP contribution in [0.3, 0.4) is 0 Å². The smallest absolute Gasteiger partial charge is 0.403 e. The van der Waals surface area contributed by atoms with E-state index in [1.807, 2.05) is 0 Å². The first-order valence-electron chi connectivity index (χ1n) is 13.6. The second kappa shape index (κ2) is 10.7. The number of rotatable bonds is 7. The number of anilines is 1. The van der Waals surface area contributed by atoms with E-state index < -0.39 is 88.9 Å². The number of likely N-dealkylation sites (N-methyl/N-ethyl adjacent to an activating group) is 1. The number of carbonyl (C=O) groups excluding carboxylic acids is 5. The van der Waals surface area contributed by atoms with Gasteiger partial charge >= 0.3 is 6.18 Å². The number of nitrogens with zero attached hydrogens (tertiary/aromatic N) is 2. The fraction of sp³-hybridized carbons (Fsp3) is 0.607. The van der Waals surface area contributed by atoms with Gasteiger partial charge in [-0.1, -0.05) is 6.92 Å². The van der Waals surface area contributed by atoms with Crippen LogP contribution in [0.4, 0.5) is 18.9 Å². The van der Waals surface area contributed by atoms with Gasteiger partial charge in [0.1, 0.15) is 11.8 Å². The fourth-order valence-corrected chi connectivity index (χ4v) is 6.96. The summed E-state index contributed by atoms with van der Waals surface area (Å²) in [6, 6.07) is -1.61. The average Bonchev–Trinajstić information content (AvgIpc) is 2.86. The second-order valence-electron chi connectivity index (χ2n) is 11.8. The lowest BCUT2D eigenvalue weighted by Gasteiger charge is -2.52. The van der Waals surface area contributed by atoms with Crippen molar-refractivity contribution < 1.29 is 47.4 Å². The highest BCUT2D eigenvalue weighted by molar-refractivity contribution is 6.32. The van der Waals surface area contributed by atoms with E-state index in [1.165, 1.54) is 32.0 Å². The van der Waals surface area contributed by atoms with E-state index in [0.29, 0.717) is 11.3 Å². The second-order valence-corrected chi connectivity index (χ2v) is 11.8. The van der Waals surface area contributed by atoms with Crippen molar-refractivity contribution >= 4 is 34.7 Å². The number of halogens is 3. The van der Waals surface area contributed by atoms with E-state index in [0.717, 1.165) is 0 Å². The average molecular weight is 597 g/mol. The lowest BCUT2D eigenvalue weighted by Crippen LogP contribution is -2.74. The molecule has 1 amide bonds. The summed E-state index contributed by atoms with van der Waals surface area (Å²) in [6.07, 6.45) is -4.89. The number of nitrogens with two attached hydrogens (primary N) is 1. The molecule has 11 nitrogen and oxygen atoms in total. The third-order valence-corrected chi connectivity index (χ3v) is 8.94. The van der Waals surface area contributed by atoms with Gasteiger partial charge < -0.3 is 26.2 Å². The molecule has 1 aromatic carbocycles. The summed E-state index contributed by atoms with van der Waals surface area (Å²) in [5, 5.41) is 25.2. The molecule has 14 heteroatoms. The standard InChI is InChI=1S/C28H35F3N4O7/c1-6-16(28(29,30)31)33-10-12-9-15(34(2)3)13-7-11-8-14-20(35(4)5)23(38)19(26(32)41)25(40)27(14,42)24(39)17(11)22(37)18(13)21(12)36/h9,11,14,16-17,19-20,33,36,42H,6-8,10H2,1-5H3,(H2,32,41)/t11-,14-,16?,17?,19?,20?,27-/m1/s1. The van der Waals surface area contributed by atoms with Gasteiger partial charge in [0, 0.05) is 37.8 Å². The van der Waals surface area contributed by atoms with Gasteiger partial charge in [0.25, 0.3) is 0 Å². The molecule has 0 radical (unpaired) electrons. The van der Waals surface area contributed by atoms with Gasteiger partial charge in [-0.15, -0.1) is 0 Å². The van der Waals surface area contributed by atoms with Crippen molar-refractivity contribution in [3.8, 4) is 5.75 Å². The zero-order chi connectivity index (χ0) is 31.6. The normalized spacial score (nSPS) is 30.1. The monoisotopic (exact) mass is 596 g/mol. The van der Waals surface area contributed by atoms with Crippen molar-refractivity contribution in [3.63, 3.8) is 0 Å². The van der Waals surface area contributed by atoms with Crippen molar-refractivity contribution in [1.82, 2.24) is 10.2 Å². The summed E-state index contributed by atoms with van der Waals surface area (Å²) in [6.45, 7) is 0.911. The molecule has 0 aliphatic heterocycles. The molecule has 1 aromatic rings. The third-order valence-electron chi connectivity index (χ3n) is 8.94. The fourth-order valence-electron chi connectivity index (χ4n) is 6.96. The van der Waals surface area contributed by atoms with Crippen LogP contribution < -0.4 is 16.0 Å². The molecule has 3 aliphatic rings. The molecular formula is C28H35F3N4O7. The van der Waals surface area contributed by atoms with Crippen LogP contribution in [0.15, 0.2) is 6.07 Å². The lowest BCUT2D eigenvalue weighted by molar-refractivity contribution is -0.181. The molecule has 4 rings (SSSR count). The van der Waals surface area contributed by atoms with Gasteiger partial charge in [-0.3, -0.25) is 28.9 Å². The Hall–Kier alpha value is -3.36. The molecule has 0 saturated heterocycles. The molecule has 3 aliphatic carbocycles. The van der Waals surface area contributed by atoms with Crippen molar-refractivity contribution in [2.45, 2.75) is 56.6 Å². The largest absolute Gasteiger partial charge is 0.507 e. The van der Waals surface area contributed by atoms with Crippen LogP contribution in [0.2, 0.25) is 0 Å². The molecule has 230 valence electrons. The van der Waals surface area contributed by atoms with Gasteiger partial charge in [-0.2, -0.15) is 13.2 Å². The van der Waals surface area contributed by atoms with Gasteiger partial charge in [0.05, 0.1) is 17.5 Å². The number of alkyl halides is 3. The van der Waals surface area contributed by atoms with Crippen molar-refractivity contribution in [1.29, 1.82) is 0 Å². The zero-order valence-electron chi connectivity index (χ0n) is 23.9. The number of fused-ring (bicyclic) bond motifs is 3. The molecule has 4 unspecified atom stereocenters. The van der Waals surface area contributed by atoms with Crippen molar-refractivity contribution in [2.24, 2.45) is 29.4 Å². The Morgan fingerprint density at radius 2 is 1.79 bits per heavy atom. The van der Waals surface area contributed by atoms with Crippen molar-refractivity contribution in [2.75, 3.05) is 33.1 Å². The number of hydrogen-bond acceptors (Lipinski definition) is 10. The lowest BCUT2D eigenvalue weighted by atomic mass is 9.52. The minimum absolute atomic E-state index is 0.00685. The van der Waals surface area contributed by atoms with E-state index in [-0.39, 0.29) is 30.4 Å². The van der Waals surface area contributed by atoms with Gasteiger partial charge in [0.2, 0.25) is 5.91 Å². The summed E-state index contributed by atoms with van der Waals surface area (Å²) in [7, 11) is 6.29. The van der Waals surface area contributed by atoms with Gasteiger partial charge in [-0.05, 0) is 50.9 Å². The van der Waals surface area contributed by atoms with Crippen LogP contribution in [-0.4, -0.2) is 96.2 Å². The summed E-state index contributed by atoms with van der Waals surface area (Å²) < 4.78 is 40.0. The number of benzene rings is 1. The number of hydrogen-bond donors (Lipinski definition) is 4. The number of ketones is 4. The number of primary amides is 1. The number of nitrogens with one attached hydrogen (secondary N) is 1. The Labute approximate surface area is 240 Å². The quantitative estimate of drug-likeness (QED) is 0.323. The number of phenols is 1. The molecule has 2 saturated carbocycles. The summed E-state index contributed by atoms with van der Waals surface area (Å²) in [5.41, 5.74) is 2.98. The Morgan fingerprint density at radius 3 is 2.29 bits per heavy atom. The third kappa shape index (κ3) is 4.69. The highest BCUT2D eigenvalue weighted by Crippen LogP contribution is 2.52. The first-order chi connectivity index (χ1) is 19.4. The van der Waals surface area contributed by atoms with E-state index in [1.54, 1.807) is 19.0 Å². The van der Waals surface area contributed by atoms with Crippen LogP contribution in [-0.2, 0) is 32.1 Å². The van der Waals surface area contributed by atoms with Crippen molar-refractivity contribution in [3.05, 3.63) is 22.8 Å². The number of aromatic hydroxyl groups is 1. The van der Waals surface area contributed by atoms with Crippen LogP contribution in [0, 0.1) is 23.7 Å². The number of phenolic OH excluding ortho intramolecular Hbond substituents is 1. The minimum Gasteiger partial charge on any atom is -0.507 e. The highest BCUT2D eigenvalue weighted by Gasteiger charge is 2.69. The Morgan fingerprint density at radius 1 is 1.17 bits per heavy atom. The maximum absolute atomic E-state index is 14.0. The van der Waals surface area contributed by atoms with Crippen LogP contribution in [0.25, 0.3) is 0 Å². The Bertz CT molecular complexity index is 1360. The maximum atomic E-state index is 14.0. The van der Waals surface area contributed by atoms with Crippen LogP contribution >= 0.6 is 0 Å². The van der Waals surface area contributed by atoms with Gasteiger partial charge in [-0.25, -0.2) is 0 Å². The minimum atomic E-state index is -4.55. The molecule has 7 atom stereocenters. The molecule has 0 bridgehead atoms. The number of Topliss-reactive ketones (excluding diaryl/α,β-unsaturated/α-hetero) is 4. The predicted octanol–water partition coefficient (Wildman–Crippen LogP) is 0.364. The summed E-state index contributed by atoms with van der Waals surface area (Å²) in [4.78, 5) is 69.7. The Kier molecular flexibility index (Phi) is 8.06. The molecule has 0 aromatic heterocycles. The van der Waals surface area contributed by atoms with Crippen LogP contribution in [0.5, 0.6) is 5.75 Å². The summed E-state index contributed by atoms with van der Waals surface area (Å²) >= 11 is 0. The molecule has 0 spiro atoms. The number of amides is 1. The molecule has 0 heterocycles. The van der Waals surface area contributed by atoms with Gasteiger partial charge in [0.15, 0.2) is 34.7 Å².